The number of carbonyl (C=O) groups is 2. The van der Waals surface area contributed by atoms with E-state index < -0.39 is 23.5 Å². The Kier molecular flexibility index (Phi) is 7.61. The predicted molar refractivity (Wildman–Crippen MR) is 106 cm³/mol. The van der Waals surface area contributed by atoms with Crippen molar-refractivity contribution in [3.63, 3.8) is 0 Å². The van der Waals surface area contributed by atoms with Crippen LogP contribution < -0.4 is 15.7 Å². The lowest BCUT2D eigenvalue weighted by Gasteiger charge is -2.20. The number of amides is 1. The molecule has 1 aromatic carbocycles. The molecule has 0 aliphatic carbocycles. The van der Waals surface area contributed by atoms with Crippen LogP contribution in [0.5, 0.6) is 5.75 Å². The smallest absolute Gasteiger partial charge is 0.336 e. The normalized spacial score (nSPS) is 13.1. The fourth-order valence-electron chi connectivity index (χ4n) is 2.92. The number of rotatable bonds is 10. The molecule has 2 N–H and O–H groups in total. The number of unbranched alkanes of at least 4 members (excludes halogenated alkanes) is 1. The van der Waals surface area contributed by atoms with E-state index in [2.05, 4.69) is 12.2 Å². The highest BCUT2D eigenvalue weighted by molar-refractivity contribution is 5.85. The molecule has 0 spiro atoms. The zero-order chi connectivity index (χ0) is 20.7. The molecule has 0 unspecified atom stereocenters. The average Bonchev–Trinajstić information content (AvgIpc) is 2.67. The predicted octanol–water partition coefficient (Wildman–Crippen LogP) is 3.13. The first kappa shape index (κ1) is 21.5. The van der Waals surface area contributed by atoms with E-state index in [-0.39, 0.29) is 12.5 Å². The van der Waals surface area contributed by atoms with Gasteiger partial charge >= 0.3 is 11.6 Å². The van der Waals surface area contributed by atoms with E-state index in [0.717, 1.165) is 30.2 Å². The number of hydrogen-bond acceptors (Lipinski definition) is 5. The maximum absolute atomic E-state index is 12.1. The molecule has 1 aromatic heterocycles. The van der Waals surface area contributed by atoms with Crippen molar-refractivity contribution in [2.45, 2.75) is 52.5 Å². The van der Waals surface area contributed by atoms with Crippen molar-refractivity contribution in [3.05, 3.63) is 40.2 Å². The Labute approximate surface area is 163 Å². The maximum Gasteiger partial charge on any atom is 0.336 e. The monoisotopic (exact) mass is 389 g/mol. The molecule has 0 fully saturated rings. The SMILES string of the molecule is CCCCc1cc(=O)oc2cc(OCC(=O)N[C@@H](C(=O)O)[C@H](C)CC)ccc12. The summed E-state index contributed by atoms with van der Waals surface area (Å²) in [4.78, 5) is 35.2. The van der Waals surface area contributed by atoms with Crippen molar-refractivity contribution in [3.8, 4) is 5.75 Å². The van der Waals surface area contributed by atoms with Gasteiger partial charge in [0.2, 0.25) is 0 Å². The molecule has 0 aliphatic heterocycles. The van der Waals surface area contributed by atoms with E-state index in [0.29, 0.717) is 17.8 Å². The lowest BCUT2D eigenvalue weighted by Crippen LogP contribution is -2.46. The molecule has 2 aromatic rings. The first-order chi connectivity index (χ1) is 13.3. The van der Waals surface area contributed by atoms with Crippen LogP contribution in [-0.4, -0.2) is 29.6 Å². The molecule has 7 nitrogen and oxygen atoms in total. The van der Waals surface area contributed by atoms with Crippen molar-refractivity contribution < 1.29 is 23.8 Å². The minimum Gasteiger partial charge on any atom is -0.484 e. The molecule has 152 valence electrons. The van der Waals surface area contributed by atoms with Gasteiger partial charge in [0.25, 0.3) is 5.91 Å². The van der Waals surface area contributed by atoms with Crippen LogP contribution >= 0.6 is 0 Å². The van der Waals surface area contributed by atoms with Crippen molar-refractivity contribution in [1.82, 2.24) is 5.32 Å². The number of carboxylic acids is 1. The van der Waals surface area contributed by atoms with Gasteiger partial charge in [-0.3, -0.25) is 4.79 Å². The summed E-state index contributed by atoms with van der Waals surface area (Å²) in [5.41, 5.74) is 0.904. The van der Waals surface area contributed by atoms with Gasteiger partial charge in [-0.2, -0.15) is 0 Å². The zero-order valence-electron chi connectivity index (χ0n) is 16.5. The highest BCUT2D eigenvalue weighted by atomic mass is 16.5. The zero-order valence-corrected chi connectivity index (χ0v) is 16.5. The third-order valence-corrected chi connectivity index (χ3v) is 4.77. The third kappa shape index (κ3) is 5.58. The summed E-state index contributed by atoms with van der Waals surface area (Å²) in [7, 11) is 0. The lowest BCUT2D eigenvalue weighted by atomic mass is 9.99. The number of carboxylic acid groups (broad SMARTS) is 1. The summed E-state index contributed by atoms with van der Waals surface area (Å²) in [6, 6.07) is 5.62. The number of fused-ring (bicyclic) bond motifs is 1. The summed E-state index contributed by atoms with van der Waals surface area (Å²) in [6.45, 7) is 5.38. The summed E-state index contributed by atoms with van der Waals surface area (Å²) in [6.07, 6.45) is 3.40. The highest BCUT2D eigenvalue weighted by Crippen LogP contribution is 2.23. The quantitative estimate of drug-likeness (QED) is 0.605. The fraction of sp³-hybridized carbons (Fsp3) is 0.476. The molecule has 2 rings (SSSR count). The Hall–Kier alpha value is -2.83. The largest absolute Gasteiger partial charge is 0.484 e. The van der Waals surface area contributed by atoms with Gasteiger partial charge in [-0.15, -0.1) is 0 Å². The first-order valence-corrected chi connectivity index (χ1v) is 9.57. The highest BCUT2D eigenvalue weighted by Gasteiger charge is 2.25. The second-order valence-corrected chi connectivity index (χ2v) is 6.91. The second-order valence-electron chi connectivity index (χ2n) is 6.91. The van der Waals surface area contributed by atoms with Gasteiger partial charge in [0.05, 0.1) is 0 Å². The van der Waals surface area contributed by atoms with Crippen molar-refractivity contribution in [1.29, 1.82) is 0 Å². The Morgan fingerprint density at radius 3 is 2.64 bits per heavy atom. The van der Waals surface area contributed by atoms with E-state index in [1.54, 1.807) is 25.1 Å². The van der Waals surface area contributed by atoms with Gasteiger partial charge in [-0.25, -0.2) is 9.59 Å². The summed E-state index contributed by atoms with van der Waals surface area (Å²) >= 11 is 0. The Morgan fingerprint density at radius 2 is 2.00 bits per heavy atom. The molecule has 28 heavy (non-hydrogen) atoms. The van der Waals surface area contributed by atoms with Crippen LogP contribution in [0.15, 0.2) is 33.5 Å². The van der Waals surface area contributed by atoms with Crippen LogP contribution in [0.25, 0.3) is 11.0 Å². The van der Waals surface area contributed by atoms with Crippen LogP contribution in [0.4, 0.5) is 0 Å². The van der Waals surface area contributed by atoms with Crippen LogP contribution in [0.2, 0.25) is 0 Å². The first-order valence-electron chi connectivity index (χ1n) is 9.57. The fourth-order valence-corrected chi connectivity index (χ4v) is 2.92. The maximum atomic E-state index is 12.1. The lowest BCUT2D eigenvalue weighted by molar-refractivity contribution is -0.143. The van der Waals surface area contributed by atoms with Gasteiger partial charge < -0.3 is 19.6 Å². The molecular weight excluding hydrogens is 362 g/mol. The molecule has 0 aliphatic rings. The molecule has 0 saturated heterocycles. The van der Waals surface area contributed by atoms with Crippen LogP contribution in [0, 0.1) is 5.92 Å². The topological polar surface area (TPSA) is 106 Å². The molecule has 0 saturated carbocycles. The Balaban J connectivity index is 2.09. The van der Waals surface area contributed by atoms with Gasteiger partial charge in [0, 0.05) is 17.5 Å². The van der Waals surface area contributed by atoms with Gasteiger partial charge in [0.1, 0.15) is 17.4 Å². The molecule has 7 heteroatoms. The van der Waals surface area contributed by atoms with Gasteiger partial charge in [0.15, 0.2) is 6.61 Å². The number of aryl methyl sites for hydroxylation is 1. The number of benzene rings is 1. The average molecular weight is 389 g/mol. The standard InChI is InChI=1S/C21H27NO6/c1-4-6-7-14-10-19(24)28-17-11-15(8-9-16(14)17)27-12-18(23)22-20(21(25)26)13(3)5-2/h8-11,13,20H,4-7,12H2,1-3H3,(H,22,23)(H,25,26)/t13-,20-/m1/s1. The number of hydrogen-bond donors (Lipinski definition) is 2. The number of nitrogens with one attached hydrogen (secondary N) is 1. The van der Waals surface area contributed by atoms with Gasteiger partial charge in [-0.1, -0.05) is 33.6 Å². The number of carbonyl (C=O) groups excluding carboxylic acids is 1. The minimum atomic E-state index is -1.07. The van der Waals surface area contributed by atoms with E-state index >= 15 is 0 Å². The van der Waals surface area contributed by atoms with Gasteiger partial charge in [-0.05, 0) is 36.5 Å². The summed E-state index contributed by atoms with van der Waals surface area (Å²) in [5.74, 6) is -1.42. The number of aliphatic carboxylic acids is 1. The second kappa shape index (κ2) is 9.92. The summed E-state index contributed by atoms with van der Waals surface area (Å²) in [5, 5.41) is 12.6. The van der Waals surface area contributed by atoms with Crippen LogP contribution in [0.3, 0.4) is 0 Å². The Bertz CT molecular complexity index is 888. The Morgan fingerprint density at radius 1 is 1.25 bits per heavy atom. The van der Waals surface area contributed by atoms with Crippen molar-refractivity contribution in [2.75, 3.05) is 6.61 Å². The third-order valence-electron chi connectivity index (χ3n) is 4.77. The summed E-state index contributed by atoms with van der Waals surface area (Å²) < 4.78 is 10.7. The number of ether oxygens (including phenoxy) is 1. The van der Waals surface area contributed by atoms with E-state index in [4.69, 9.17) is 9.15 Å². The molecular formula is C21H27NO6. The van der Waals surface area contributed by atoms with Crippen LogP contribution in [0.1, 0.15) is 45.6 Å². The molecule has 0 radical (unpaired) electrons. The molecule has 1 amide bonds. The van der Waals surface area contributed by atoms with Crippen molar-refractivity contribution in [2.24, 2.45) is 5.92 Å². The van der Waals surface area contributed by atoms with E-state index in [1.165, 1.54) is 6.07 Å². The minimum absolute atomic E-state index is 0.196. The molecule has 0 bridgehead atoms. The van der Waals surface area contributed by atoms with E-state index in [1.807, 2.05) is 6.92 Å². The molecule has 1 heterocycles. The molecule has 2 atom stereocenters. The van der Waals surface area contributed by atoms with Crippen molar-refractivity contribution >= 4 is 22.8 Å². The van der Waals surface area contributed by atoms with Crippen LogP contribution in [-0.2, 0) is 16.0 Å². The van der Waals surface area contributed by atoms with E-state index in [9.17, 15) is 19.5 Å².